The summed E-state index contributed by atoms with van der Waals surface area (Å²) in [5, 5.41) is 7.36. The number of ether oxygens (including phenoxy) is 1. The average molecular weight is 421 g/mol. The Bertz CT molecular complexity index is 1020. The van der Waals surface area contributed by atoms with Gasteiger partial charge in [-0.25, -0.2) is 9.82 Å². The minimum atomic E-state index is -0.301. The van der Waals surface area contributed by atoms with Gasteiger partial charge in [0.05, 0.1) is 13.3 Å². The number of anilines is 4. The Kier molecular flexibility index (Phi) is 6.51. The number of nitrogens with zero attached hydrogens (tertiary/aromatic N) is 5. The number of hydrogen-bond donors (Lipinski definition) is 2. The van der Waals surface area contributed by atoms with Gasteiger partial charge < -0.3 is 15.0 Å². The molecule has 0 spiro atoms. The summed E-state index contributed by atoms with van der Waals surface area (Å²) in [4.78, 5) is 15.6. The summed E-state index contributed by atoms with van der Waals surface area (Å²) in [6, 6.07) is 13.6. The van der Waals surface area contributed by atoms with Gasteiger partial charge in [0.15, 0.2) is 0 Å². The maximum atomic E-state index is 13.2. The summed E-state index contributed by atoms with van der Waals surface area (Å²) < 4.78 is 18.4. The van der Waals surface area contributed by atoms with E-state index in [-0.39, 0.29) is 5.82 Å². The molecule has 0 bridgehead atoms. The molecule has 0 radical (unpaired) electrons. The first-order chi connectivity index (χ1) is 15.2. The van der Waals surface area contributed by atoms with E-state index in [0.29, 0.717) is 23.5 Å². The molecule has 0 atom stereocenters. The highest BCUT2D eigenvalue weighted by Crippen LogP contribution is 2.21. The van der Waals surface area contributed by atoms with E-state index in [1.165, 1.54) is 18.6 Å². The third-order valence-corrected chi connectivity index (χ3v) is 4.86. The predicted molar refractivity (Wildman–Crippen MR) is 120 cm³/mol. The van der Waals surface area contributed by atoms with Crippen molar-refractivity contribution in [2.45, 2.75) is 19.3 Å². The van der Waals surface area contributed by atoms with Gasteiger partial charge in [-0.3, -0.25) is 0 Å². The number of methoxy groups -OCH3 is 1. The van der Waals surface area contributed by atoms with Crippen LogP contribution >= 0.6 is 0 Å². The van der Waals surface area contributed by atoms with E-state index in [0.717, 1.165) is 37.2 Å². The van der Waals surface area contributed by atoms with Gasteiger partial charge in [-0.05, 0) is 73.4 Å². The van der Waals surface area contributed by atoms with Crippen LogP contribution in [0, 0.1) is 5.82 Å². The molecule has 0 aliphatic carbocycles. The molecule has 31 heavy (non-hydrogen) atoms. The summed E-state index contributed by atoms with van der Waals surface area (Å²) in [5.41, 5.74) is 4.48. The van der Waals surface area contributed by atoms with Crippen LogP contribution in [0.5, 0.6) is 5.75 Å². The third kappa shape index (κ3) is 5.65. The number of aromatic nitrogens is 3. The molecule has 1 aliphatic heterocycles. The van der Waals surface area contributed by atoms with Crippen LogP contribution in [0.4, 0.5) is 27.9 Å². The van der Waals surface area contributed by atoms with Gasteiger partial charge in [-0.2, -0.15) is 20.1 Å². The Morgan fingerprint density at radius 3 is 2.35 bits per heavy atom. The van der Waals surface area contributed by atoms with Crippen molar-refractivity contribution in [2.24, 2.45) is 5.10 Å². The van der Waals surface area contributed by atoms with Crippen LogP contribution in [0.25, 0.3) is 0 Å². The van der Waals surface area contributed by atoms with E-state index >= 15 is 0 Å². The second-order valence-electron chi connectivity index (χ2n) is 7.11. The van der Waals surface area contributed by atoms with Crippen molar-refractivity contribution in [3.8, 4) is 5.75 Å². The maximum absolute atomic E-state index is 13.2. The number of piperidine rings is 1. The van der Waals surface area contributed by atoms with Crippen molar-refractivity contribution >= 4 is 29.7 Å². The molecular weight excluding hydrogens is 397 g/mol. The maximum Gasteiger partial charge on any atom is 0.250 e. The van der Waals surface area contributed by atoms with Gasteiger partial charge in [0.1, 0.15) is 11.6 Å². The van der Waals surface area contributed by atoms with Crippen molar-refractivity contribution < 1.29 is 9.13 Å². The predicted octanol–water partition coefficient (Wildman–Crippen LogP) is 4.20. The van der Waals surface area contributed by atoms with Crippen molar-refractivity contribution in [1.82, 2.24) is 15.0 Å². The van der Waals surface area contributed by atoms with Gasteiger partial charge in [-0.1, -0.05) is 0 Å². The van der Waals surface area contributed by atoms with Crippen LogP contribution in [-0.4, -0.2) is 41.4 Å². The molecule has 1 saturated heterocycles. The van der Waals surface area contributed by atoms with Crippen molar-refractivity contribution in [2.75, 3.05) is 35.8 Å². The van der Waals surface area contributed by atoms with Crippen LogP contribution in [0.1, 0.15) is 24.8 Å². The lowest BCUT2D eigenvalue weighted by atomic mass is 10.1. The lowest BCUT2D eigenvalue weighted by Crippen LogP contribution is -2.31. The molecule has 160 valence electrons. The zero-order chi connectivity index (χ0) is 21.5. The summed E-state index contributed by atoms with van der Waals surface area (Å²) >= 11 is 0. The summed E-state index contributed by atoms with van der Waals surface area (Å²) in [6.07, 6.45) is 5.09. The Hall–Kier alpha value is -3.75. The monoisotopic (exact) mass is 421 g/mol. The van der Waals surface area contributed by atoms with E-state index in [1.807, 2.05) is 24.3 Å². The molecule has 2 aromatic carbocycles. The number of halogens is 1. The number of rotatable bonds is 7. The normalized spacial score (nSPS) is 13.9. The minimum Gasteiger partial charge on any atom is -0.497 e. The standard InChI is InChI=1S/C22H24FN7O/c1-31-19-11-5-16(6-12-19)15-24-29-21-26-20(25-18-9-7-17(23)8-10-18)27-22(28-21)30-13-3-2-4-14-30/h5-12,15H,2-4,13-14H2,1H3,(H2,25,26,27,28,29)/b24-15+. The molecule has 0 amide bonds. The number of nitrogens with one attached hydrogen (secondary N) is 2. The first kappa shape index (κ1) is 20.5. The van der Waals surface area contributed by atoms with Crippen molar-refractivity contribution in [3.63, 3.8) is 0 Å². The average Bonchev–Trinajstić information content (AvgIpc) is 2.81. The van der Waals surface area contributed by atoms with E-state index in [2.05, 4.69) is 35.7 Å². The fourth-order valence-corrected chi connectivity index (χ4v) is 3.22. The van der Waals surface area contributed by atoms with Crippen LogP contribution in [0.2, 0.25) is 0 Å². The quantitative estimate of drug-likeness (QED) is 0.437. The largest absolute Gasteiger partial charge is 0.497 e. The Labute approximate surface area is 180 Å². The lowest BCUT2D eigenvalue weighted by Gasteiger charge is -2.26. The van der Waals surface area contributed by atoms with Crippen LogP contribution in [0.15, 0.2) is 53.6 Å². The van der Waals surface area contributed by atoms with Gasteiger partial charge in [0.2, 0.25) is 17.8 Å². The van der Waals surface area contributed by atoms with E-state index in [9.17, 15) is 4.39 Å². The van der Waals surface area contributed by atoms with E-state index in [4.69, 9.17) is 4.74 Å². The van der Waals surface area contributed by atoms with Crippen LogP contribution in [0.3, 0.4) is 0 Å². The van der Waals surface area contributed by atoms with Crippen molar-refractivity contribution in [3.05, 3.63) is 59.9 Å². The lowest BCUT2D eigenvalue weighted by molar-refractivity contribution is 0.415. The Morgan fingerprint density at radius 2 is 1.65 bits per heavy atom. The first-order valence-electron chi connectivity index (χ1n) is 10.2. The molecule has 1 aliphatic rings. The molecule has 1 aromatic heterocycles. The second kappa shape index (κ2) is 9.84. The highest BCUT2D eigenvalue weighted by molar-refractivity contribution is 5.80. The molecule has 4 rings (SSSR count). The third-order valence-electron chi connectivity index (χ3n) is 4.86. The Balaban J connectivity index is 1.54. The molecule has 0 unspecified atom stereocenters. The first-order valence-corrected chi connectivity index (χ1v) is 10.2. The van der Waals surface area contributed by atoms with Crippen molar-refractivity contribution in [1.29, 1.82) is 0 Å². The molecule has 2 heterocycles. The van der Waals surface area contributed by atoms with E-state index in [1.54, 1.807) is 25.5 Å². The number of hydrazone groups is 1. The number of benzene rings is 2. The molecule has 1 fully saturated rings. The zero-order valence-corrected chi connectivity index (χ0v) is 17.3. The van der Waals surface area contributed by atoms with Gasteiger partial charge in [0.25, 0.3) is 0 Å². The van der Waals surface area contributed by atoms with Crippen LogP contribution in [-0.2, 0) is 0 Å². The zero-order valence-electron chi connectivity index (χ0n) is 17.3. The van der Waals surface area contributed by atoms with Gasteiger partial charge in [-0.15, -0.1) is 0 Å². The second-order valence-corrected chi connectivity index (χ2v) is 7.11. The number of hydrogen-bond acceptors (Lipinski definition) is 8. The van der Waals surface area contributed by atoms with Gasteiger partial charge in [0, 0.05) is 18.8 Å². The van der Waals surface area contributed by atoms with E-state index < -0.39 is 0 Å². The minimum absolute atomic E-state index is 0.301. The smallest absolute Gasteiger partial charge is 0.250 e. The molecule has 2 N–H and O–H groups in total. The summed E-state index contributed by atoms with van der Waals surface area (Å²) in [7, 11) is 1.63. The summed E-state index contributed by atoms with van der Waals surface area (Å²) in [6.45, 7) is 1.79. The Morgan fingerprint density at radius 1 is 0.935 bits per heavy atom. The van der Waals surface area contributed by atoms with Crippen LogP contribution < -0.4 is 20.4 Å². The fraction of sp³-hybridized carbons (Fsp3) is 0.273. The fourth-order valence-electron chi connectivity index (χ4n) is 3.22. The molecule has 0 saturated carbocycles. The van der Waals surface area contributed by atoms with Gasteiger partial charge >= 0.3 is 0 Å². The molecule has 3 aromatic rings. The summed E-state index contributed by atoms with van der Waals surface area (Å²) in [5.74, 6) is 1.76. The molecule has 9 heteroatoms. The topological polar surface area (TPSA) is 87.6 Å². The highest BCUT2D eigenvalue weighted by Gasteiger charge is 2.16. The SMILES string of the molecule is COc1ccc(/C=N/Nc2nc(Nc3ccc(F)cc3)nc(N3CCCCC3)n2)cc1. The molecule has 8 nitrogen and oxygen atoms in total. The molecular formula is C22H24FN7O. The highest BCUT2D eigenvalue weighted by atomic mass is 19.1.